The van der Waals surface area contributed by atoms with Crippen LogP contribution in [0.1, 0.15) is 72.6 Å². The van der Waals surface area contributed by atoms with Gasteiger partial charge in [0.2, 0.25) is 0 Å². The first-order valence-electron chi connectivity index (χ1n) is 7.81. The average Bonchev–Trinajstić information content (AvgIpc) is 2.70. The Morgan fingerprint density at radius 1 is 0.905 bits per heavy atom. The second-order valence-corrected chi connectivity index (χ2v) is 5.57. The van der Waals surface area contributed by atoms with E-state index in [9.17, 15) is 14.0 Å². The molecule has 1 aliphatic rings. The van der Waals surface area contributed by atoms with Crippen LogP contribution in [0.2, 0.25) is 0 Å². The second-order valence-electron chi connectivity index (χ2n) is 5.57. The van der Waals surface area contributed by atoms with Gasteiger partial charge in [0.05, 0.1) is 11.1 Å². The summed E-state index contributed by atoms with van der Waals surface area (Å²) in [6.45, 7) is 2.62. The predicted octanol–water partition coefficient (Wildman–Crippen LogP) is 4.17. The zero-order chi connectivity index (χ0) is 15.2. The maximum atomic E-state index is 13.2. The molecule has 3 nitrogen and oxygen atoms in total. The third-order valence-corrected chi connectivity index (χ3v) is 3.92. The van der Waals surface area contributed by atoms with Gasteiger partial charge < -0.3 is 0 Å². The molecular formula is C17H22FNO2. The Kier molecular flexibility index (Phi) is 5.48. The van der Waals surface area contributed by atoms with Crippen molar-refractivity contribution < 1.29 is 14.0 Å². The highest BCUT2D eigenvalue weighted by molar-refractivity contribution is 6.21. The zero-order valence-corrected chi connectivity index (χ0v) is 12.5. The zero-order valence-electron chi connectivity index (χ0n) is 12.5. The Labute approximate surface area is 125 Å². The molecule has 0 fully saturated rings. The lowest BCUT2D eigenvalue weighted by molar-refractivity contribution is 0.0651. The van der Waals surface area contributed by atoms with Crippen molar-refractivity contribution in [3.8, 4) is 0 Å². The maximum absolute atomic E-state index is 13.2. The van der Waals surface area contributed by atoms with Crippen LogP contribution in [-0.4, -0.2) is 23.3 Å². The Hall–Kier alpha value is -1.71. The van der Waals surface area contributed by atoms with Crippen LogP contribution in [0.25, 0.3) is 0 Å². The molecule has 1 aromatic rings. The van der Waals surface area contributed by atoms with Gasteiger partial charge in [-0.05, 0) is 24.6 Å². The van der Waals surface area contributed by atoms with E-state index in [1.807, 2.05) is 0 Å². The van der Waals surface area contributed by atoms with Crippen molar-refractivity contribution in [3.63, 3.8) is 0 Å². The molecule has 1 heterocycles. The molecule has 114 valence electrons. The molecule has 0 saturated carbocycles. The van der Waals surface area contributed by atoms with Gasteiger partial charge in [-0.1, -0.05) is 45.4 Å². The molecule has 0 unspecified atom stereocenters. The molecule has 0 radical (unpaired) electrons. The fraction of sp³-hybridized carbons (Fsp3) is 0.529. The van der Waals surface area contributed by atoms with Crippen molar-refractivity contribution in [1.29, 1.82) is 0 Å². The van der Waals surface area contributed by atoms with Crippen LogP contribution in [0.3, 0.4) is 0 Å². The number of unbranched alkanes of at least 4 members (excludes halogenated alkanes) is 6. The van der Waals surface area contributed by atoms with Gasteiger partial charge in [-0.25, -0.2) is 4.39 Å². The van der Waals surface area contributed by atoms with Crippen molar-refractivity contribution in [1.82, 2.24) is 4.90 Å². The number of hydrogen-bond acceptors (Lipinski definition) is 2. The van der Waals surface area contributed by atoms with E-state index < -0.39 is 5.82 Å². The Balaban J connectivity index is 1.81. The first-order chi connectivity index (χ1) is 10.1. The van der Waals surface area contributed by atoms with Crippen LogP contribution in [-0.2, 0) is 0 Å². The lowest BCUT2D eigenvalue weighted by Crippen LogP contribution is -2.30. The minimum Gasteiger partial charge on any atom is -0.274 e. The van der Waals surface area contributed by atoms with Gasteiger partial charge in [-0.3, -0.25) is 14.5 Å². The highest BCUT2D eigenvalue weighted by atomic mass is 19.1. The predicted molar refractivity (Wildman–Crippen MR) is 79.8 cm³/mol. The van der Waals surface area contributed by atoms with Gasteiger partial charge in [-0.2, -0.15) is 0 Å². The molecule has 1 aromatic carbocycles. The Morgan fingerprint density at radius 3 is 2.24 bits per heavy atom. The van der Waals surface area contributed by atoms with Gasteiger partial charge in [0, 0.05) is 6.54 Å². The van der Waals surface area contributed by atoms with E-state index in [0.29, 0.717) is 12.1 Å². The molecule has 0 atom stereocenters. The molecule has 0 spiro atoms. The molecule has 1 aliphatic heterocycles. The molecule has 2 rings (SSSR count). The normalized spacial score (nSPS) is 13.9. The smallest absolute Gasteiger partial charge is 0.261 e. The van der Waals surface area contributed by atoms with Crippen molar-refractivity contribution >= 4 is 11.8 Å². The third-order valence-electron chi connectivity index (χ3n) is 3.92. The summed E-state index contributed by atoms with van der Waals surface area (Å²) in [5.74, 6) is -1.13. The number of nitrogens with zero attached hydrogens (tertiary/aromatic N) is 1. The van der Waals surface area contributed by atoms with E-state index in [2.05, 4.69) is 6.92 Å². The Morgan fingerprint density at radius 2 is 1.52 bits per heavy atom. The van der Waals surface area contributed by atoms with E-state index in [1.165, 1.54) is 42.7 Å². The van der Waals surface area contributed by atoms with Gasteiger partial charge in [0.15, 0.2) is 0 Å². The van der Waals surface area contributed by atoms with Crippen LogP contribution in [0, 0.1) is 5.82 Å². The summed E-state index contributed by atoms with van der Waals surface area (Å²) in [4.78, 5) is 25.5. The summed E-state index contributed by atoms with van der Waals surface area (Å²) in [6.07, 6.45) is 7.93. The molecule has 0 saturated heterocycles. The number of carbonyl (C=O) groups is 2. The number of halogens is 1. The maximum Gasteiger partial charge on any atom is 0.261 e. The molecular weight excluding hydrogens is 269 g/mol. The van der Waals surface area contributed by atoms with E-state index in [4.69, 9.17) is 0 Å². The monoisotopic (exact) mass is 291 g/mol. The first-order valence-corrected chi connectivity index (χ1v) is 7.81. The number of carbonyl (C=O) groups excluding carboxylic acids is 2. The second kappa shape index (κ2) is 7.34. The number of benzene rings is 1. The van der Waals surface area contributed by atoms with Crippen LogP contribution < -0.4 is 0 Å². The van der Waals surface area contributed by atoms with Crippen molar-refractivity contribution in [3.05, 3.63) is 35.1 Å². The number of rotatable bonds is 8. The minimum absolute atomic E-state index is 0.197. The van der Waals surface area contributed by atoms with E-state index >= 15 is 0 Å². The number of fused-ring (bicyclic) bond motifs is 1. The van der Waals surface area contributed by atoms with Gasteiger partial charge in [0.1, 0.15) is 5.82 Å². The largest absolute Gasteiger partial charge is 0.274 e. The highest BCUT2D eigenvalue weighted by Crippen LogP contribution is 2.24. The summed E-state index contributed by atoms with van der Waals surface area (Å²) in [6, 6.07) is 3.78. The standard InChI is InChI=1S/C17H22FNO2/c1-2-3-4-5-6-7-8-11-19-16(20)14-10-9-13(18)12-15(14)17(19)21/h9-10,12H,2-8,11H2,1H3. The fourth-order valence-corrected chi connectivity index (χ4v) is 2.69. The van der Waals surface area contributed by atoms with E-state index in [0.717, 1.165) is 25.3 Å². The summed E-state index contributed by atoms with van der Waals surface area (Å²) < 4.78 is 13.2. The molecule has 0 N–H and O–H groups in total. The molecule has 4 heteroatoms. The van der Waals surface area contributed by atoms with Gasteiger partial charge >= 0.3 is 0 Å². The molecule has 0 aromatic heterocycles. The molecule has 0 bridgehead atoms. The van der Waals surface area contributed by atoms with Crippen molar-refractivity contribution in [2.24, 2.45) is 0 Å². The van der Waals surface area contributed by atoms with E-state index in [1.54, 1.807) is 0 Å². The number of imide groups is 1. The topological polar surface area (TPSA) is 37.4 Å². The lowest BCUT2D eigenvalue weighted by atomic mass is 10.1. The summed E-state index contributed by atoms with van der Waals surface area (Å²) in [7, 11) is 0. The van der Waals surface area contributed by atoms with Crippen LogP contribution in [0.15, 0.2) is 18.2 Å². The number of hydrogen-bond donors (Lipinski definition) is 0. The fourth-order valence-electron chi connectivity index (χ4n) is 2.69. The average molecular weight is 291 g/mol. The number of amides is 2. The third kappa shape index (κ3) is 3.69. The summed E-state index contributed by atoms with van der Waals surface area (Å²) in [5.41, 5.74) is 0.521. The highest BCUT2D eigenvalue weighted by Gasteiger charge is 2.35. The van der Waals surface area contributed by atoms with Gasteiger partial charge in [0.25, 0.3) is 11.8 Å². The van der Waals surface area contributed by atoms with Crippen LogP contribution in [0.4, 0.5) is 4.39 Å². The molecule has 21 heavy (non-hydrogen) atoms. The molecule has 0 aliphatic carbocycles. The minimum atomic E-state index is -0.479. The Bertz CT molecular complexity index is 528. The van der Waals surface area contributed by atoms with E-state index in [-0.39, 0.29) is 17.4 Å². The van der Waals surface area contributed by atoms with Crippen molar-refractivity contribution in [2.45, 2.75) is 51.9 Å². The van der Waals surface area contributed by atoms with Crippen molar-refractivity contribution in [2.75, 3.05) is 6.54 Å². The summed E-state index contributed by atoms with van der Waals surface area (Å²) >= 11 is 0. The van der Waals surface area contributed by atoms with Crippen LogP contribution in [0.5, 0.6) is 0 Å². The lowest BCUT2D eigenvalue weighted by Gasteiger charge is -2.13. The quantitative estimate of drug-likeness (QED) is 0.532. The van der Waals surface area contributed by atoms with Crippen LogP contribution >= 0.6 is 0 Å². The summed E-state index contributed by atoms with van der Waals surface area (Å²) in [5, 5.41) is 0. The first kappa shape index (κ1) is 15.7. The SMILES string of the molecule is CCCCCCCCCN1C(=O)c2ccc(F)cc2C1=O. The van der Waals surface area contributed by atoms with Gasteiger partial charge in [-0.15, -0.1) is 0 Å². The molecule has 2 amide bonds.